The molecule has 0 amide bonds. The lowest BCUT2D eigenvalue weighted by Gasteiger charge is -2.11. The molecule has 0 fully saturated rings. The first-order valence-electron chi connectivity index (χ1n) is 3.43. The number of nitrogens with zero attached hydrogens (tertiary/aromatic N) is 1. The number of benzene rings is 1. The number of nitrogens with two attached hydrogens (primary N) is 1. The standard InChI is InChI=1S/C8H4F4N2/c9-5-2-1-4(3-13)7(14)6(5)8(10,11)12/h1-2H,14H2. The van der Waals surface area contributed by atoms with Crippen molar-refractivity contribution in [3.8, 4) is 6.07 Å². The van der Waals surface area contributed by atoms with Crippen LogP contribution in [-0.4, -0.2) is 0 Å². The van der Waals surface area contributed by atoms with Gasteiger partial charge in [0.25, 0.3) is 0 Å². The number of hydrogen-bond acceptors (Lipinski definition) is 2. The van der Waals surface area contributed by atoms with Crippen LogP contribution in [0.3, 0.4) is 0 Å². The molecule has 0 unspecified atom stereocenters. The van der Waals surface area contributed by atoms with Crippen molar-refractivity contribution in [2.45, 2.75) is 6.18 Å². The first-order chi connectivity index (χ1) is 6.38. The van der Waals surface area contributed by atoms with Gasteiger partial charge in [0.1, 0.15) is 17.4 Å². The Kier molecular flexibility index (Phi) is 2.34. The summed E-state index contributed by atoms with van der Waals surface area (Å²) < 4.78 is 49.3. The van der Waals surface area contributed by atoms with Gasteiger partial charge in [-0.3, -0.25) is 0 Å². The highest BCUT2D eigenvalue weighted by Gasteiger charge is 2.37. The second-order valence-corrected chi connectivity index (χ2v) is 2.49. The van der Waals surface area contributed by atoms with Crippen LogP contribution in [0.15, 0.2) is 12.1 Å². The fourth-order valence-electron chi connectivity index (χ4n) is 0.979. The molecule has 0 heterocycles. The van der Waals surface area contributed by atoms with Crippen LogP contribution >= 0.6 is 0 Å². The Morgan fingerprint density at radius 2 is 1.86 bits per heavy atom. The smallest absolute Gasteiger partial charge is 0.397 e. The Morgan fingerprint density at radius 3 is 2.29 bits per heavy atom. The molecule has 0 aliphatic heterocycles. The second-order valence-electron chi connectivity index (χ2n) is 2.49. The second kappa shape index (κ2) is 3.18. The summed E-state index contributed by atoms with van der Waals surface area (Å²) >= 11 is 0. The number of anilines is 1. The van der Waals surface area contributed by atoms with Gasteiger partial charge in [-0.25, -0.2) is 4.39 Å². The van der Waals surface area contributed by atoms with Crippen molar-refractivity contribution in [2.24, 2.45) is 0 Å². The van der Waals surface area contributed by atoms with Gasteiger partial charge in [-0.05, 0) is 12.1 Å². The minimum absolute atomic E-state index is 0.390. The first-order valence-corrected chi connectivity index (χ1v) is 3.43. The van der Waals surface area contributed by atoms with Crippen LogP contribution in [0, 0.1) is 17.1 Å². The van der Waals surface area contributed by atoms with Gasteiger partial charge in [0, 0.05) is 0 Å². The van der Waals surface area contributed by atoms with E-state index < -0.39 is 28.8 Å². The molecule has 0 saturated carbocycles. The Labute approximate surface area is 76.6 Å². The highest BCUT2D eigenvalue weighted by atomic mass is 19.4. The minimum atomic E-state index is -4.89. The van der Waals surface area contributed by atoms with Crippen LogP contribution in [0.1, 0.15) is 11.1 Å². The topological polar surface area (TPSA) is 49.8 Å². The molecule has 0 bridgehead atoms. The van der Waals surface area contributed by atoms with E-state index in [1.54, 1.807) is 0 Å². The van der Waals surface area contributed by atoms with Crippen LogP contribution in [0.2, 0.25) is 0 Å². The molecular weight excluding hydrogens is 200 g/mol. The molecule has 1 aromatic carbocycles. The normalized spacial score (nSPS) is 11.1. The van der Waals surface area contributed by atoms with Gasteiger partial charge in [0.2, 0.25) is 0 Å². The quantitative estimate of drug-likeness (QED) is 0.520. The van der Waals surface area contributed by atoms with Crippen LogP contribution in [0.5, 0.6) is 0 Å². The lowest BCUT2D eigenvalue weighted by atomic mass is 10.1. The summed E-state index contributed by atoms with van der Waals surface area (Å²) in [5.41, 5.74) is 2.15. The molecule has 2 N–H and O–H groups in total. The van der Waals surface area contributed by atoms with E-state index in [0.29, 0.717) is 6.07 Å². The summed E-state index contributed by atoms with van der Waals surface area (Å²) in [6, 6.07) is 2.91. The molecule has 1 aromatic rings. The summed E-state index contributed by atoms with van der Waals surface area (Å²) in [5, 5.41) is 8.38. The summed E-state index contributed by atoms with van der Waals surface area (Å²) in [4.78, 5) is 0. The Balaban J connectivity index is 3.50. The van der Waals surface area contributed by atoms with Crippen LogP contribution in [0.25, 0.3) is 0 Å². The zero-order valence-electron chi connectivity index (χ0n) is 6.69. The number of nitriles is 1. The number of rotatable bonds is 0. The van der Waals surface area contributed by atoms with Gasteiger partial charge in [-0.2, -0.15) is 18.4 Å². The predicted molar refractivity (Wildman–Crippen MR) is 40.5 cm³/mol. The highest BCUT2D eigenvalue weighted by Crippen LogP contribution is 2.36. The van der Waals surface area contributed by atoms with Crippen molar-refractivity contribution >= 4 is 5.69 Å². The molecular formula is C8H4F4N2. The van der Waals surface area contributed by atoms with E-state index in [2.05, 4.69) is 0 Å². The molecule has 0 aliphatic rings. The Bertz CT molecular complexity index is 403. The SMILES string of the molecule is N#Cc1ccc(F)c(C(F)(F)F)c1N. The van der Waals surface area contributed by atoms with Crippen LogP contribution < -0.4 is 5.73 Å². The Morgan fingerprint density at radius 1 is 1.29 bits per heavy atom. The van der Waals surface area contributed by atoms with Crippen molar-refractivity contribution < 1.29 is 17.6 Å². The molecule has 0 atom stereocenters. The lowest BCUT2D eigenvalue weighted by molar-refractivity contribution is -0.139. The maximum atomic E-state index is 12.8. The van der Waals surface area contributed by atoms with E-state index in [-0.39, 0.29) is 0 Å². The van der Waals surface area contributed by atoms with Crippen molar-refractivity contribution in [1.29, 1.82) is 5.26 Å². The summed E-state index contributed by atoms with van der Waals surface area (Å²) in [6.45, 7) is 0. The highest BCUT2D eigenvalue weighted by molar-refractivity contribution is 5.60. The molecule has 0 spiro atoms. The molecule has 2 nitrogen and oxygen atoms in total. The van der Waals surface area contributed by atoms with Crippen LogP contribution in [0.4, 0.5) is 23.2 Å². The van der Waals surface area contributed by atoms with Gasteiger partial charge in [0.15, 0.2) is 0 Å². The largest absolute Gasteiger partial charge is 0.421 e. The van der Waals surface area contributed by atoms with E-state index in [1.807, 2.05) is 0 Å². The van der Waals surface area contributed by atoms with Crippen LogP contribution in [-0.2, 0) is 6.18 Å². The Hall–Kier alpha value is -1.77. The van der Waals surface area contributed by atoms with E-state index >= 15 is 0 Å². The number of nitrogen functional groups attached to an aromatic ring is 1. The molecule has 14 heavy (non-hydrogen) atoms. The molecule has 6 heteroatoms. The van der Waals surface area contributed by atoms with E-state index in [9.17, 15) is 17.6 Å². The van der Waals surface area contributed by atoms with Gasteiger partial charge in [-0.1, -0.05) is 0 Å². The molecule has 0 saturated heterocycles. The number of halogens is 4. The average molecular weight is 204 g/mol. The molecule has 74 valence electrons. The third-order valence-corrected chi connectivity index (χ3v) is 1.60. The summed E-state index contributed by atoms with van der Waals surface area (Å²) in [6.07, 6.45) is -4.89. The van der Waals surface area contributed by atoms with Gasteiger partial charge >= 0.3 is 6.18 Å². The monoisotopic (exact) mass is 204 g/mol. The third-order valence-electron chi connectivity index (χ3n) is 1.60. The van der Waals surface area contributed by atoms with Crippen molar-refractivity contribution in [2.75, 3.05) is 5.73 Å². The fraction of sp³-hybridized carbons (Fsp3) is 0.125. The summed E-state index contributed by atoms with van der Waals surface area (Å²) in [5.74, 6) is -1.48. The molecule has 1 rings (SSSR count). The van der Waals surface area contributed by atoms with Crippen molar-refractivity contribution in [3.05, 3.63) is 29.1 Å². The zero-order chi connectivity index (χ0) is 10.9. The van der Waals surface area contributed by atoms with E-state index in [1.165, 1.54) is 6.07 Å². The maximum Gasteiger partial charge on any atom is 0.421 e. The zero-order valence-corrected chi connectivity index (χ0v) is 6.69. The van der Waals surface area contributed by atoms with Gasteiger partial charge in [0.05, 0.1) is 11.3 Å². The molecule has 0 aliphatic carbocycles. The minimum Gasteiger partial charge on any atom is -0.397 e. The van der Waals surface area contributed by atoms with Crippen molar-refractivity contribution in [1.82, 2.24) is 0 Å². The maximum absolute atomic E-state index is 12.8. The lowest BCUT2D eigenvalue weighted by Crippen LogP contribution is -2.12. The fourth-order valence-corrected chi connectivity index (χ4v) is 0.979. The number of alkyl halides is 3. The van der Waals surface area contributed by atoms with E-state index in [4.69, 9.17) is 11.0 Å². The van der Waals surface area contributed by atoms with Crippen molar-refractivity contribution in [3.63, 3.8) is 0 Å². The third kappa shape index (κ3) is 1.62. The van der Waals surface area contributed by atoms with Gasteiger partial charge < -0.3 is 5.73 Å². The summed E-state index contributed by atoms with van der Waals surface area (Å²) in [7, 11) is 0. The van der Waals surface area contributed by atoms with E-state index in [0.717, 1.165) is 6.07 Å². The average Bonchev–Trinajstić information content (AvgIpc) is 2.02. The van der Waals surface area contributed by atoms with Gasteiger partial charge in [-0.15, -0.1) is 0 Å². The molecule has 0 aromatic heterocycles. The molecule has 0 radical (unpaired) electrons. The first kappa shape index (κ1) is 10.3. The predicted octanol–water partition coefficient (Wildman–Crippen LogP) is 2.30. The number of hydrogen-bond donors (Lipinski definition) is 1.